The summed E-state index contributed by atoms with van der Waals surface area (Å²) >= 11 is 0. The van der Waals surface area contributed by atoms with E-state index < -0.39 is 10.5 Å². The van der Waals surface area contributed by atoms with Crippen molar-refractivity contribution in [3.05, 3.63) is 28.4 Å². The third kappa shape index (κ3) is 2.95. The van der Waals surface area contributed by atoms with Gasteiger partial charge in [0, 0.05) is 6.07 Å². The Kier molecular flexibility index (Phi) is 2.90. The molecule has 5 heteroatoms. The number of terminal acetylenes is 1. The standard InChI is InChI=1S/C10H11N3O2/c1-4-10(2,3)12-8-5-6-9(11-7-8)13(14)15/h1,5-7,12H,2-3H3. The Morgan fingerprint density at radius 1 is 1.60 bits per heavy atom. The zero-order valence-corrected chi connectivity index (χ0v) is 8.52. The maximum Gasteiger partial charge on any atom is 0.363 e. The number of aromatic nitrogens is 1. The Hall–Kier alpha value is -2.09. The minimum atomic E-state index is -0.546. The van der Waals surface area contributed by atoms with Crippen LogP contribution in [-0.2, 0) is 0 Å². The third-order valence-electron chi connectivity index (χ3n) is 1.75. The molecule has 0 aliphatic rings. The molecule has 0 amide bonds. The van der Waals surface area contributed by atoms with Gasteiger partial charge in [-0.05, 0) is 29.8 Å². The van der Waals surface area contributed by atoms with E-state index in [9.17, 15) is 10.1 Å². The summed E-state index contributed by atoms with van der Waals surface area (Å²) in [7, 11) is 0. The van der Waals surface area contributed by atoms with Crippen molar-refractivity contribution in [3.8, 4) is 12.3 Å². The third-order valence-corrected chi connectivity index (χ3v) is 1.75. The monoisotopic (exact) mass is 205 g/mol. The molecule has 1 N–H and O–H groups in total. The van der Waals surface area contributed by atoms with Gasteiger partial charge in [-0.15, -0.1) is 6.42 Å². The Bertz CT molecular complexity index is 404. The van der Waals surface area contributed by atoms with Crippen molar-refractivity contribution in [1.82, 2.24) is 4.98 Å². The summed E-state index contributed by atoms with van der Waals surface area (Å²) in [5.41, 5.74) is 0.154. The molecule has 1 heterocycles. The van der Waals surface area contributed by atoms with Crippen molar-refractivity contribution in [2.75, 3.05) is 5.32 Å². The molecule has 0 aromatic carbocycles. The molecule has 0 saturated heterocycles. The van der Waals surface area contributed by atoms with Gasteiger partial charge >= 0.3 is 5.82 Å². The van der Waals surface area contributed by atoms with Crippen molar-refractivity contribution in [3.63, 3.8) is 0 Å². The second-order valence-corrected chi connectivity index (χ2v) is 3.56. The molecule has 1 aromatic heterocycles. The first kappa shape index (κ1) is 11.0. The topological polar surface area (TPSA) is 68.1 Å². The van der Waals surface area contributed by atoms with Crippen molar-refractivity contribution in [2.45, 2.75) is 19.4 Å². The molecule has 1 aromatic rings. The SMILES string of the molecule is C#CC(C)(C)Nc1ccc([N+](=O)[O-])nc1. The van der Waals surface area contributed by atoms with Crippen LogP contribution in [0.1, 0.15) is 13.8 Å². The predicted molar refractivity (Wildman–Crippen MR) is 57.4 cm³/mol. The van der Waals surface area contributed by atoms with E-state index in [1.165, 1.54) is 12.3 Å². The van der Waals surface area contributed by atoms with Crippen LogP contribution in [0.4, 0.5) is 11.5 Å². The molecule has 1 rings (SSSR count). The maximum absolute atomic E-state index is 10.3. The maximum atomic E-state index is 10.3. The Labute approximate surface area is 87.7 Å². The summed E-state index contributed by atoms with van der Waals surface area (Å²) in [5, 5.41) is 13.4. The summed E-state index contributed by atoms with van der Waals surface area (Å²) < 4.78 is 0. The van der Waals surface area contributed by atoms with E-state index >= 15 is 0 Å². The Morgan fingerprint density at radius 3 is 2.67 bits per heavy atom. The highest BCUT2D eigenvalue weighted by Crippen LogP contribution is 2.15. The summed E-state index contributed by atoms with van der Waals surface area (Å²) in [6.07, 6.45) is 6.68. The first-order valence-electron chi connectivity index (χ1n) is 4.31. The van der Waals surface area contributed by atoms with E-state index in [2.05, 4.69) is 16.2 Å². The lowest BCUT2D eigenvalue weighted by atomic mass is 10.1. The molecule has 78 valence electrons. The predicted octanol–water partition coefficient (Wildman–Crippen LogP) is 1.81. The van der Waals surface area contributed by atoms with Crippen molar-refractivity contribution in [2.24, 2.45) is 0 Å². The minimum Gasteiger partial charge on any atom is -0.366 e. The smallest absolute Gasteiger partial charge is 0.363 e. The number of pyridine rings is 1. The van der Waals surface area contributed by atoms with Crippen LogP contribution in [0.25, 0.3) is 0 Å². The molecule has 0 bridgehead atoms. The van der Waals surface area contributed by atoms with Gasteiger partial charge in [-0.3, -0.25) is 0 Å². The van der Waals surface area contributed by atoms with Crippen molar-refractivity contribution >= 4 is 11.5 Å². The Balaban J connectivity index is 2.83. The highest BCUT2D eigenvalue weighted by atomic mass is 16.6. The second kappa shape index (κ2) is 3.96. The quantitative estimate of drug-likeness (QED) is 0.464. The first-order valence-corrected chi connectivity index (χ1v) is 4.31. The molecular formula is C10H11N3O2. The molecule has 5 nitrogen and oxygen atoms in total. The highest BCUT2D eigenvalue weighted by Gasteiger charge is 2.14. The zero-order valence-electron chi connectivity index (χ0n) is 8.52. The van der Waals surface area contributed by atoms with Crippen LogP contribution in [0, 0.1) is 22.5 Å². The molecule has 0 fully saturated rings. The van der Waals surface area contributed by atoms with Crippen LogP contribution < -0.4 is 5.32 Å². The number of anilines is 1. The van der Waals surface area contributed by atoms with E-state index in [1.807, 2.05) is 13.8 Å². The van der Waals surface area contributed by atoms with Crippen LogP contribution in [0.2, 0.25) is 0 Å². The largest absolute Gasteiger partial charge is 0.366 e. The van der Waals surface area contributed by atoms with Crippen LogP contribution in [0.5, 0.6) is 0 Å². The average Bonchev–Trinajstić information content (AvgIpc) is 2.18. The van der Waals surface area contributed by atoms with E-state index in [4.69, 9.17) is 6.42 Å². The highest BCUT2D eigenvalue weighted by molar-refractivity contribution is 5.47. The van der Waals surface area contributed by atoms with E-state index in [0.29, 0.717) is 5.69 Å². The minimum absolute atomic E-state index is 0.181. The number of nitrogens with zero attached hydrogens (tertiary/aromatic N) is 2. The summed E-state index contributed by atoms with van der Waals surface area (Å²) in [5.74, 6) is 2.37. The molecule has 0 unspecified atom stereocenters. The van der Waals surface area contributed by atoms with Crippen molar-refractivity contribution < 1.29 is 4.92 Å². The van der Waals surface area contributed by atoms with Gasteiger partial charge in [-0.25, -0.2) is 0 Å². The van der Waals surface area contributed by atoms with E-state index in [1.54, 1.807) is 6.07 Å². The summed E-state index contributed by atoms with van der Waals surface area (Å²) in [4.78, 5) is 13.5. The molecule has 0 saturated carbocycles. The van der Waals surface area contributed by atoms with Gasteiger partial charge in [0.2, 0.25) is 0 Å². The zero-order chi connectivity index (χ0) is 11.5. The number of rotatable bonds is 3. The number of nitro groups is 1. The lowest BCUT2D eigenvalue weighted by molar-refractivity contribution is -0.389. The molecule has 0 spiro atoms. The van der Waals surface area contributed by atoms with Gasteiger partial charge in [-0.1, -0.05) is 5.92 Å². The second-order valence-electron chi connectivity index (χ2n) is 3.56. The normalized spacial score (nSPS) is 10.5. The average molecular weight is 205 g/mol. The number of hydrogen-bond donors (Lipinski definition) is 1. The fourth-order valence-electron chi connectivity index (χ4n) is 0.965. The van der Waals surface area contributed by atoms with E-state index in [-0.39, 0.29) is 5.82 Å². The summed E-state index contributed by atoms with van der Waals surface area (Å²) in [6, 6.07) is 2.90. The lowest BCUT2D eigenvalue weighted by Gasteiger charge is -2.19. The lowest BCUT2D eigenvalue weighted by Crippen LogP contribution is -2.28. The van der Waals surface area contributed by atoms with Gasteiger partial charge < -0.3 is 15.4 Å². The van der Waals surface area contributed by atoms with Gasteiger partial charge in [0.25, 0.3) is 0 Å². The van der Waals surface area contributed by atoms with Gasteiger partial charge in [0.1, 0.15) is 0 Å². The first-order chi connectivity index (χ1) is 6.94. The fraction of sp³-hybridized carbons (Fsp3) is 0.300. The van der Waals surface area contributed by atoms with Gasteiger partial charge in [0.05, 0.1) is 11.2 Å². The number of hydrogen-bond acceptors (Lipinski definition) is 4. The van der Waals surface area contributed by atoms with Crippen LogP contribution in [-0.4, -0.2) is 15.4 Å². The summed E-state index contributed by atoms with van der Waals surface area (Å²) in [6.45, 7) is 3.66. The van der Waals surface area contributed by atoms with Crippen LogP contribution >= 0.6 is 0 Å². The Morgan fingerprint density at radius 2 is 2.27 bits per heavy atom. The van der Waals surface area contributed by atoms with Crippen LogP contribution in [0.15, 0.2) is 18.3 Å². The molecule has 15 heavy (non-hydrogen) atoms. The van der Waals surface area contributed by atoms with Gasteiger partial charge in [0.15, 0.2) is 6.20 Å². The fourth-order valence-corrected chi connectivity index (χ4v) is 0.965. The molecular weight excluding hydrogens is 194 g/mol. The number of nitrogens with one attached hydrogen (secondary N) is 1. The van der Waals surface area contributed by atoms with E-state index in [0.717, 1.165) is 0 Å². The molecule has 0 aliphatic heterocycles. The van der Waals surface area contributed by atoms with Gasteiger partial charge in [-0.2, -0.15) is 0 Å². The van der Waals surface area contributed by atoms with Crippen LogP contribution in [0.3, 0.4) is 0 Å². The molecule has 0 aliphatic carbocycles. The molecule has 0 atom stereocenters. The van der Waals surface area contributed by atoms with Crippen molar-refractivity contribution in [1.29, 1.82) is 0 Å². The molecule has 0 radical (unpaired) electrons.